The van der Waals surface area contributed by atoms with E-state index in [1.54, 1.807) is 30.3 Å². The number of hydrogen-bond donors (Lipinski definition) is 1. The second-order valence-corrected chi connectivity index (χ2v) is 5.32. The second kappa shape index (κ2) is 5.74. The van der Waals surface area contributed by atoms with E-state index in [2.05, 4.69) is 19.1 Å². The molecule has 24 heavy (non-hydrogen) atoms. The molecule has 3 heterocycles. The van der Waals surface area contributed by atoms with Crippen LogP contribution in [0.3, 0.4) is 0 Å². The highest BCUT2D eigenvalue weighted by molar-refractivity contribution is 7.58. The van der Waals surface area contributed by atoms with Crippen molar-refractivity contribution < 1.29 is 13.6 Å². The maximum atomic E-state index is 12.2. The number of aromatic nitrogens is 2. The molecule has 0 saturated carbocycles. The average molecular weight is 343 g/mol. The summed E-state index contributed by atoms with van der Waals surface area (Å²) in [4.78, 5) is 24.0. The number of amides is 1. The van der Waals surface area contributed by atoms with E-state index in [0.29, 0.717) is 22.8 Å². The minimum Gasteiger partial charge on any atom is -0.459 e. The van der Waals surface area contributed by atoms with Crippen molar-refractivity contribution in [1.82, 2.24) is 9.78 Å². The minimum absolute atomic E-state index is 0.0172. The molecule has 120 valence electrons. The quantitative estimate of drug-likeness (QED) is 0.611. The molecule has 0 saturated heterocycles. The number of carbonyl (C=O) groups is 1. The van der Waals surface area contributed by atoms with Crippen LogP contribution in [0.15, 0.2) is 58.9 Å². The van der Waals surface area contributed by atoms with Crippen molar-refractivity contribution in [3.8, 4) is 11.7 Å². The Morgan fingerprint density at radius 2 is 2.17 bits per heavy atom. The molecule has 0 atom stereocenters. The lowest BCUT2D eigenvalue weighted by molar-refractivity contribution is -0.117. The lowest BCUT2D eigenvalue weighted by atomic mass is 10.2. The molecular weight excluding hydrogens is 334 g/mol. The van der Waals surface area contributed by atoms with Gasteiger partial charge in [0.2, 0.25) is 5.91 Å². The summed E-state index contributed by atoms with van der Waals surface area (Å²) in [6.45, 7) is -0.295. The zero-order chi connectivity index (χ0) is 16.5. The van der Waals surface area contributed by atoms with Crippen LogP contribution in [0.4, 0.5) is 17.1 Å². The molecule has 1 N–H and O–H groups in total. The van der Waals surface area contributed by atoms with Crippen molar-refractivity contribution in [2.24, 2.45) is 8.73 Å². The smallest absolute Gasteiger partial charge is 0.437 e. The molecule has 4 rings (SSSR count). The summed E-state index contributed by atoms with van der Waals surface area (Å²) < 4.78 is 19.2. The van der Waals surface area contributed by atoms with Gasteiger partial charge in [-0.3, -0.25) is 4.79 Å². The van der Waals surface area contributed by atoms with Crippen molar-refractivity contribution in [3.63, 3.8) is 0 Å². The second-order valence-electron chi connectivity index (χ2n) is 4.79. The van der Waals surface area contributed by atoms with Crippen molar-refractivity contribution in [2.45, 2.75) is 6.54 Å². The van der Waals surface area contributed by atoms with E-state index in [1.807, 2.05) is 0 Å². The molecule has 2 aromatic heterocycles. The number of anilines is 1. The standard InChI is InChI=1S/C14H9N5O4S/c20-11(15-8-3-1-4-9-12(8)18-24-17-9)7-19-14(21)23-13(16-19)10-5-2-6-22-10/h1-6H,7H2,(H,15,20). The van der Waals surface area contributed by atoms with Crippen LogP contribution >= 0.6 is 0 Å². The molecule has 0 fully saturated rings. The zero-order valence-corrected chi connectivity index (χ0v) is 12.8. The molecule has 9 nitrogen and oxygen atoms in total. The Hall–Kier alpha value is -3.27. The van der Waals surface area contributed by atoms with Crippen molar-refractivity contribution in [3.05, 3.63) is 47.1 Å². The molecule has 0 unspecified atom stereocenters. The highest BCUT2D eigenvalue weighted by atomic mass is 32.1. The third-order valence-corrected chi connectivity index (χ3v) is 3.73. The van der Waals surface area contributed by atoms with E-state index >= 15 is 0 Å². The van der Waals surface area contributed by atoms with Gasteiger partial charge in [0.1, 0.15) is 17.9 Å². The molecule has 1 amide bonds. The lowest BCUT2D eigenvalue weighted by Gasteiger charge is -2.06. The number of benzene rings is 1. The fourth-order valence-corrected chi connectivity index (χ4v) is 2.69. The first kappa shape index (κ1) is 14.3. The van der Waals surface area contributed by atoms with Gasteiger partial charge in [0, 0.05) is 0 Å². The van der Waals surface area contributed by atoms with Gasteiger partial charge in [-0.25, -0.2) is 4.79 Å². The van der Waals surface area contributed by atoms with Crippen LogP contribution in [0.2, 0.25) is 0 Å². The minimum atomic E-state index is -0.745. The Balaban J connectivity index is 1.52. The molecule has 0 spiro atoms. The van der Waals surface area contributed by atoms with E-state index in [-0.39, 0.29) is 12.4 Å². The number of rotatable bonds is 4. The molecule has 1 aromatic carbocycles. The van der Waals surface area contributed by atoms with Gasteiger partial charge in [0.25, 0.3) is 5.89 Å². The summed E-state index contributed by atoms with van der Waals surface area (Å²) in [5.41, 5.74) is 1.81. The highest BCUT2D eigenvalue weighted by Gasteiger charge is 2.17. The maximum Gasteiger partial charge on any atom is 0.437 e. The van der Waals surface area contributed by atoms with Crippen molar-refractivity contribution >= 4 is 34.3 Å². The Bertz CT molecular complexity index is 1040. The van der Waals surface area contributed by atoms with E-state index in [0.717, 1.165) is 16.0 Å². The van der Waals surface area contributed by atoms with Gasteiger partial charge in [0.05, 0.1) is 23.3 Å². The Kier molecular flexibility index (Phi) is 3.43. The number of furan rings is 1. The normalized spacial score (nSPS) is 12.0. The summed E-state index contributed by atoms with van der Waals surface area (Å²) in [6, 6.07) is 8.51. The molecule has 1 aliphatic heterocycles. The number of carbonyl (C=O) groups excluding carboxylic acids is 1. The monoisotopic (exact) mass is 343 g/mol. The Morgan fingerprint density at radius 3 is 3.00 bits per heavy atom. The summed E-state index contributed by atoms with van der Waals surface area (Å²) in [5.74, 6) is -0.852. The topological polar surface area (TPSA) is 115 Å². The molecule has 0 aliphatic carbocycles. The first-order chi connectivity index (χ1) is 11.7. The van der Waals surface area contributed by atoms with Crippen LogP contribution in [0.5, 0.6) is 0 Å². The summed E-state index contributed by atoms with van der Waals surface area (Å²) >= 11 is 1.06. The van der Waals surface area contributed by atoms with Crippen LogP contribution < -0.4 is 11.1 Å². The summed E-state index contributed by atoms with van der Waals surface area (Å²) in [7, 11) is 0. The average Bonchev–Trinajstić information content (AvgIpc) is 3.28. The zero-order valence-electron chi connectivity index (χ0n) is 12.0. The third-order valence-electron chi connectivity index (χ3n) is 3.19. The number of hydrogen-bond acceptors (Lipinski definition) is 7. The fraction of sp³-hybridized carbons (Fsp3) is 0.0714. The van der Waals surface area contributed by atoms with E-state index < -0.39 is 11.7 Å². The summed E-state index contributed by atoms with van der Waals surface area (Å²) in [5, 5.41) is 6.63. The van der Waals surface area contributed by atoms with Crippen molar-refractivity contribution in [2.75, 3.05) is 5.32 Å². The van der Waals surface area contributed by atoms with Crippen molar-refractivity contribution in [1.29, 1.82) is 0 Å². The first-order valence-corrected chi connectivity index (χ1v) is 7.57. The van der Waals surface area contributed by atoms with Gasteiger partial charge < -0.3 is 14.2 Å². The van der Waals surface area contributed by atoms with Crippen LogP contribution in [-0.2, 0) is 22.7 Å². The van der Waals surface area contributed by atoms with Gasteiger partial charge in [-0.2, -0.15) is 13.4 Å². The SMILES string of the molecule is O=C(Cn1nc(-c2ccco2)oc1=O)Nc1cccc2c1N=S=N2. The fourth-order valence-electron chi connectivity index (χ4n) is 2.14. The predicted octanol–water partition coefficient (Wildman–Crippen LogP) is 2.46. The van der Waals surface area contributed by atoms with Crippen LogP contribution in [0.1, 0.15) is 0 Å². The molecule has 3 aromatic rings. The number of fused-ring (bicyclic) bond motifs is 1. The van der Waals surface area contributed by atoms with Gasteiger partial charge in [-0.15, -0.1) is 5.10 Å². The highest BCUT2D eigenvalue weighted by Crippen LogP contribution is 2.38. The van der Waals surface area contributed by atoms with Crippen LogP contribution in [0, 0.1) is 0 Å². The Morgan fingerprint density at radius 1 is 1.25 bits per heavy atom. The Labute approximate surface area is 137 Å². The number of nitrogens with zero attached hydrogens (tertiary/aromatic N) is 4. The van der Waals surface area contributed by atoms with Gasteiger partial charge >= 0.3 is 5.76 Å². The largest absolute Gasteiger partial charge is 0.459 e. The third kappa shape index (κ3) is 2.58. The van der Waals surface area contributed by atoms with Crippen LogP contribution in [0.25, 0.3) is 11.7 Å². The van der Waals surface area contributed by atoms with Crippen LogP contribution in [-0.4, -0.2) is 15.7 Å². The molecule has 10 heteroatoms. The number of nitrogens with one attached hydrogen (secondary N) is 1. The lowest BCUT2D eigenvalue weighted by Crippen LogP contribution is -2.25. The molecule has 0 radical (unpaired) electrons. The maximum absolute atomic E-state index is 12.2. The summed E-state index contributed by atoms with van der Waals surface area (Å²) in [6.07, 6.45) is 1.43. The van der Waals surface area contributed by atoms with E-state index in [4.69, 9.17) is 8.83 Å². The van der Waals surface area contributed by atoms with E-state index in [1.165, 1.54) is 6.26 Å². The molecule has 1 aliphatic rings. The van der Waals surface area contributed by atoms with Gasteiger partial charge in [-0.1, -0.05) is 6.07 Å². The van der Waals surface area contributed by atoms with Gasteiger partial charge in [-0.05, 0) is 24.3 Å². The first-order valence-electron chi connectivity index (χ1n) is 6.84. The predicted molar refractivity (Wildman–Crippen MR) is 85.1 cm³/mol. The molecule has 0 bridgehead atoms. The molecular formula is C14H9N5O4S. The van der Waals surface area contributed by atoms with E-state index in [9.17, 15) is 9.59 Å². The van der Waals surface area contributed by atoms with Gasteiger partial charge in [0.15, 0.2) is 5.76 Å².